The first kappa shape index (κ1) is 19.2. The topological polar surface area (TPSA) is 96.7 Å². The quantitative estimate of drug-likeness (QED) is 0.816. The molecule has 0 saturated carbocycles. The van der Waals surface area contributed by atoms with E-state index in [1.54, 1.807) is 11.0 Å². The van der Waals surface area contributed by atoms with Crippen LogP contribution in [0.15, 0.2) is 52.0 Å². The number of aryl methyl sites for hydroxylation is 1. The van der Waals surface area contributed by atoms with Crippen molar-refractivity contribution in [3.63, 3.8) is 0 Å². The van der Waals surface area contributed by atoms with Gasteiger partial charge in [-0.3, -0.25) is 9.59 Å². The van der Waals surface area contributed by atoms with Crippen molar-refractivity contribution < 1.29 is 22.4 Å². The van der Waals surface area contributed by atoms with Crippen LogP contribution in [-0.2, 0) is 26.0 Å². The first-order chi connectivity index (χ1) is 12.8. The second-order valence-electron chi connectivity index (χ2n) is 6.58. The fourth-order valence-electron chi connectivity index (χ4n) is 3.15. The average molecular weight is 390 g/mol. The molecule has 27 heavy (non-hydrogen) atoms. The van der Waals surface area contributed by atoms with Crippen LogP contribution >= 0.6 is 0 Å². The predicted octanol–water partition coefficient (Wildman–Crippen LogP) is 2.26. The van der Waals surface area contributed by atoms with Crippen LogP contribution in [0.2, 0.25) is 0 Å². The number of rotatable bonds is 6. The van der Waals surface area contributed by atoms with Crippen LogP contribution in [-0.4, -0.2) is 31.7 Å². The molecule has 1 aromatic carbocycles. The number of amides is 2. The van der Waals surface area contributed by atoms with Gasteiger partial charge in [-0.05, 0) is 24.6 Å². The van der Waals surface area contributed by atoms with Crippen molar-refractivity contribution in [3.05, 3.63) is 53.8 Å². The zero-order chi connectivity index (χ0) is 19.6. The first-order valence-corrected chi connectivity index (χ1v) is 10.3. The third kappa shape index (κ3) is 4.05. The minimum atomic E-state index is -4.09. The van der Waals surface area contributed by atoms with Crippen LogP contribution < -0.4 is 4.72 Å². The van der Waals surface area contributed by atoms with E-state index in [0.717, 1.165) is 5.56 Å². The summed E-state index contributed by atoms with van der Waals surface area (Å²) in [5.74, 6) is -1.07. The Bertz CT molecular complexity index is 936. The molecule has 2 heterocycles. The summed E-state index contributed by atoms with van der Waals surface area (Å²) in [5, 5.41) is -0.300. The average Bonchev–Trinajstić information content (AvgIpc) is 3.28. The lowest BCUT2D eigenvalue weighted by molar-refractivity contribution is -0.130. The molecule has 2 atom stereocenters. The van der Waals surface area contributed by atoms with Gasteiger partial charge in [-0.15, -0.1) is 0 Å². The Labute approximate surface area is 158 Å². The molecule has 0 radical (unpaired) electrons. The van der Waals surface area contributed by atoms with Gasteiger partial charge in [0.15, 0.2) is 0 Å². The molecule has 0 bridgehead atoms. The van der Waals surface area contributed by atoms with Crippen molar-refractivity contribution in [3.8, 4) is 0 Å². The molecule has 2 unspecified atom stereocenters. The van der Waals surface area contributed by atoms with Gasteiger partial charge in [0, 0.05) is 19.4 Å². The summed E-state index contributed by atoms with van der Waals surface area (Å²) >= 11 is 0. The van der Waals surface area contributed by atoms with Gasteiger partial charge in [0.25, 0.3) is 10.0 Å². The van der Waals surface area contributed by atoms with E-state index in [1.165, 1.54) is 6.07 Å². The number of hydrogen-bond donors (Lipinski definition) is 1. The molecule has 1 aromatic heterocycles. The Morgan fingerprint density at radius 1 is 1.26 bits per heavy atom. The summed E-state index contributed by atoms with van der Waals surface area (Å²) in [7, 11) is -4.09. The lowest BCUT2D eigenvalue weighted by atomic mass is 10.1. The summed E-state index contributed by atoms with van der Waals surface area (Å²) in [6.07, 6.45) is 0.532. The largest absolute Gasteiger partial charge is 0.448 e. The van der Waals surface area contributed by atoms with Crippen molar-refractivity contribution in [2.24, 2.45) is 5.92 Å². The van der Waals surface area contributed by atoms with E-state index in [-0.39, 0.29) is 30.0 Å². The minimum Gasteiger partial charge on any atom is -0.448 e. The Balaban J connectivity index is 1.68. The second-order valence-corrected chi connectivity index (χ2v) is 8.19. The molecule has 0 spiro atoms. The van der Waals surface area contributed by atoms with E-state index in [0.29, 0.717) is 12.2 Å². The van der Waals surface area contributed by atoms with Crippen molar-refractivity contribution in [2.45, 2.75) is 37.8 Å². The van der Waals surface area contributed by atoms with E-state index < -0.39 is 21.8 Å². The van der Waals surface area contributed by atoms with Crippen LogP contribution in [0.5, 0.6) is 0 Å². The summed E-state index contributed by atoms with van der Waals surface area (Å²) < 4.78 is 31.9. The second kappa shape index (κ2) is 7.56. The molecule has 8 heteroatoms. The highest BCUT2D eigenvalue weighted by Gasteiger charge is 2.38. The molecule has 1 aliphatic rings. The fraction of sp³-hybridized carbons (Fsp3) is 0.368. The molecule has 2 amide bonds. The SMILES string of the molecule is CCc1ccc(S(=O)(=O)NC(=O)C2CC(=O)N(C(C)c3ccccc3)C2)o1. The minimum absolute atomic E-state index is 0.0170. The molecule has 7 nitrogen and oxygen atoms in total. The third-order valence-corrected chi connectivity index (χ3v) is 5.98. The Hall–Kier alpha value is -2.61. The molecular formula is C19H22N2O5S. The Morgan fingerprint density at radius 2 is 1.96 bits per heavy atom. The van der Waals surface area contributed by atoms with Gasteiger partial charge in [-0.25, -0.2) is 4.72 Å². The zero-order valence-electron chi connectivity index (χ0n) is 15.2. The number of nitrogens with one attached hydrogen (secondary N) is 1. The van der Waals surface area contributed by atoms with Crippen LogP contribution in [0.3, 0.4) is 0 Å². The molecule has 1 saturated heterocycles. The number of likely N-dealkylation sites (tertiary alicyclic amines) is 1. The predicted molar refractivity (Wildman–Crippen MR) is 98.1 cm³/mol. The normalized spacial score (nSPS) is 18.5. The Kier molecular flexibility index (Phi) is 5.36. The number of hydrogen-bond acceptors (Lipinski definition) is 5. The molecule has 1 N–H and O–H groups in total. The highest BCUT2D eigenvalue weighted by Crippen LogP contribution is 2.28. The molecule has 144 valence electrons. The number of furan rings is 1. The smallest absolute Gasteiger partial charge is 0.297 e. The summed E-state index contributed by atoms with van der Waals surface area (Å²) in [6.45, 7) is 3.90. The molecule has 1 aliphatic heterocycles. The van der Waals surface area contributed by atoms with E-state index in [4.69, 9.17) is 4.42 Å². The summed E-state index contributed by atoms with van der Waals surface area (Å²) in [5.41, 5.74) is 0.960. The van der Waals surface area contributed by atoms with Gasteiger partial charge in [-0.1, -0.05) is 37.3 Å². The van der Waals surface area contributed by atoms with Crippen LogP contribution in [0.4, 0.5) is 0 Å². The van der Waals surface area contributed by atoms with Crippen molar-refractivity contribution in [1.82, 2.24) is 9.62 Å². The van der Waals surface area contributed by atoms with Crippen LogP contribution in [0.25, 0.3) is 0 Å². The highest BCUT2D eigenvalue weighted by atomic mass is 32.2. The van der Waals surface area contributed by atoms with Crippen molar-refractivity contribution in [1.29, 1.82) is 0 Å². The van der Waals surface area contributed by atoms with Gasteiger partial charge in [0.1, 0.15) is 5.76 Å². The van der Waals surface area contributed by atoms with Gasteiger partial charge >= 0.3 is 0 Å². The number of carbonyl (C=O) groups excluding carboxylic acids is 2. The van der Waals surface area contributed by atoms with Gasteiger partial charge in [0.2, 0.25) is 16.9 Å². The van der Waals surface area contributed by atoms with Crippen molar-refractivity contribution in [2.75, 3.05) is 6.54 Å². The number of benzene rings is 1. The monoisotopic (exact) mass is 390 g/mol. The van der Waals surface area contributed by atoms with Gasteiger partial charge in [-0.2, -0.15) is 8.42 Å². The molecule has 2 aromatic rings. The van der Waals surface area contributed by atoms with E-state index in [9.17, 15) is 18.0 Å². The number of carbonyl (C=O) groups is 2. The maximum atomic E-state index is 12.4. The zero-order valence-corrected chi connectivity index (χ0v) is 16.0. The van der Waals surface area contributed by atoms with Crippen LogP contribution in [0.1, 0.15) is 37.6 Å². The van der Waals surface area contributed by atoms with Crippen molar-refractivity contribution >= 4 is 21.8 Å². The lowest BCUT2D eigenvalue weighted by Crippen LogP contribution is -2.37. The molecule has 0 aliphatic carbocycles. The number of nitrogens with zero attached hydrogens (tertiary/aromatic N) is 1. The molecular weight excluding hydrogens is 368 g/mol. The molecule has 3 rings (SSSR count). The van der Waals surface area contributed by atoms with E-state index >= 15 is 0 Å². The number of sulfonamides is 1. The van der Waals surface area contributed by atoms with Crippen LogP contribution in [0, 0.1) is 5.92 Å². The lowest BCUT2D eigenvalue weighted by Gasteiger charge is -2.25. The Morgan fingerprint density at radius 3 is 2.59 bits per heavy atom. The van der Waals surface area contributed by atoms with Gasteiger partial charge < -0.3 is 9.32 Å². The first-order valence-electron chi connectivity index (χ1n) is 8.81. The van der Waals surface area contributed by atoms with E-state index in [1.807, 2.05) is 48.9 Å². The standard InChI is InChI=1S/C19H22N2O5S/c1-3-16-9-10-18(26-16)27(24,25)20-19(23)15-11-17(22)21(12-15)13(2)14-7-5-4-6-8-14/h4-10,13,15H,3,11-12H2,1-2H3,(H,20,23). The fourth-order valence-corrected chi connectivity index (χ4v) is 4.15. The maximum absolute atomic E-state index is 12.4. The van der Waals surface area contributed by atoms with Gasteiger partial charge in [0.05, 0.1) is 12.0 Å². The van der Waals surface area contributed by atoms with E-state index in [2.05, 4.69) is 0 Å². The molecule has 1 fully saturated rings. The maximum Gasteiger partial charge on any atom is 0.297 e. The summed E-state index contributed by atoms with van der Waals surface area (Å²) in [4.78, 5) is 26.4. The third-order valence-electron chi connectivity index (χ3n) is 4.76. The summed E-state index contributed by atoms with van der Waals surface area (Å²) in [6, 6.07) is 12.2. The highest BCUT2D eigenvalue weighted by molar-refractivity contribution is 7.89.